The highest BCUT2D eigenvalue weighted by atomic mass is 32.1. The highest BCUT2D eigenvalue weighted by Crippen LogP contribution is 2.40. The van der Waals surface area contributed by atoms with Crippen molar-refractivity contribution in [1.29, 1.82) is 0 Å². The number of phenolic OH excluding ortho intramolecular Hbond substituents is 1. The number of ether oxygens (including phenoxy) is 2. The molecule has 0 bridgehead atoms. The van der Waals surface area contributed by atoms with E-state index in [0.717, 1.165) is 10.8 Å². The highest BCUT2D eigenvalue weighted by Gasteiger charge is 2.36. The molecule has 0 radical (unpaired) electrons. The van der Waals surface area contributed by atoms with Crippen molar-refractivity contribution in [2.45, 2.75) is 19.9 Å². The number of carbonyl (C=O) groups excluding carboxylic acids is 1. The van der Waals surface area contributed by atoms with Crippen LogP contribution >= 0.6 is 11.3 Å². The molecular weight excluding hydrogens is 576 g/mol. The monoisotopic (exact) mass is 604 g/mol. The molecule has 0 spiro atoms. The Bertz CT molecular complexity index is 2150. The van der Waals surface area contributed by atoms with Gasteiger partial charge in [-0.3, -0.25) is 9.36 Å². The second-order valence-electron chi connectivity index (χ2n) is 9.98. The summed E-state index contributed by atoms with van der Waals surface area (Å²) in [6, 6.07) is 24.8. The van der Waals surface area contributed by atoms with Crippen LogP contribution in [-0.2, 0) is 9.53 Å². The molecule has 1 aliphatic heterocycles. The number of carbonyl (C=O) groups is 1. The average molecular weight is 605 g/mol. The maximum absolute atomic E-state index is 14.2. The molecule has 4 aromatic carbocycles. The number of hydrogen-bond acceptors (Lipinski definition) is 9. The average Bonchev–Trinajstić information content (AvgIpc) is 3.34. The van der Waals surface area contributed by atoms with Gasteiger partial charge in [0.2, 0.25) is 0 Å². The summed E-state index contributed by atoms with van der Waals surface area (Å²) in [6.07, 6.45) is 1.61. The minimum absolute atomic E-state index is 0.0592. The van der Waals surface area contributed by atoms with Gasteiger partial charge < -0.3 is 14.6 Å². The SMILES string of the molecule is CCOC(=O)C1=C(C)N=c2s/c(=C\c3ccc(N=Nc4ccccc4)cc3O)c(=O)n2[C@@H]1c1c(OC)ccc2ccccc12. The molecule has 5 aromatic rings. The van der Waals surface area contributed by atoms with Crippen molar-refractivity contribution in [3.8, 4) is 11.5 Å². The first-order valence-corrected chi connectivity index (χ1v) is 14.8. The lowest BCUT2D eigenvalue weighted by Crippen LogP contribution is -2.40. The van der Waals surface area contributed by atoms with Gasteiger partial charge in [-0.25, -0.2) is 9.79 Å². The van der Waals surface area contributed by atoms with Crippen LogP contribution in [-0.4, -0.2) is 29.4 Å². The lowest BCUT2D eigenvalue weighted by atomic mass is 9.90. The first kappa shape index (κ1) is 28.8. The second-order valence-corrected chi connectivity index (χ2v) is 11.0. The number of fused-ring (bicyclic) bond motifs is 2. The van der Waals surface area contributed by atoms with Crippen LogP contribution in [0.2, 0.25) is 0 Å². The number of methoxy groups -OCH3 is 1. The number of hydrogen-bond donors (Lipinski definition) is 1. The molecule has 2 heterocycles. The van der Waals surface area contributed by atoms with Crippen LogP contribution in [0.4, 0.5) is 11.4 Å². The molecule has 1 aliphatic rings. The Morgan fingerprint density at radius 2 is 1.77 bits per heavy atom. The van der Waals surface area contributed by atoms with Crippen LogP contribution in [0.3, 0.4) is 0 Å². The van der Waals surface area contributed by atoms with Crippen LogP contribution in [0.25, 0.3) is 16.8 Å². The lowest BCUT2D eigenvalue weighted by molar-refractivity contribution is -0.139. The maximum Gasteiger partial charge on any atom is 0.338 e. The van der Waals surface area contributed by atoms with E-state index in [1.165, 1.54) is 22.0 Å². The van der Waals surface area contributed by atoms with Gasteiger partial charge >= 0.3 is 5.97 Å². The quantitative estimate of drug-likeness (QED) is 0.179. The zero-order chi connectivity index (χ0) is 30.8. The van der Waals surface area contributed by atoms with Crippen molar-refractivity contribution in [3.63, 3.8) is 0 Å². The third kappa shape index (κ3) is 5.31. The number of benzene rings is 4. The zero-order valence-electron chi connectivity index (χ0n) is 24.2. The fraction of sp³-hybridized carbons (Fsp3) is 0.147. The first-order valence-electron chi connectivity index (χ1n) is 13.9. The molecule has 220 valence electrons. The molecule has 1 atom stereocenters. The Balaban J connectivity index is 1.51. The van der Waals surface area contributed by atoms with Crippen molar-refractivity contribution >= 4 is 45.5 Å². The predicted molar refractivity (Wildman–Crippen MR) is 170 cm³/mol. The summed E-state index contributed by atoms with van der Waals surface area (Å²) in [7, 11) is 1.56. The van der Waals surface area contributed by atoms with Gasteiger partial charge in [-0.2, -0.15) is 10.2 Å². The number of aromatic nitrogens is 1. The molecule has 0 fully saturated rings. The van der Waals surface area contributed by atoms with Crippen molar-refractivity contribution in [1.82, 2.24) is 4.57 Å². The third-order valence-electron chi connectivity index (χ3n) is 7.28. The first-order chi connectivity index (χ1) is 21.4. The number of allylic oxidation sites excluding steroid dienone is 1. The van der Waals surface area contributed by atoms with E-state index in [2.05, 4.69) is 15.2 Å². The van der Waals surface area contributed by atoms with E-state index in [-0.39, 0.29) is 23.5 Å². The molecule has 10 heteroatoms. The molecule has 1 N–H and O–H groups in total. The van der Waals surface area contributed by atoms with Gasteiger partial charge in [-0.05, 0) is 61.0 Å². The smallest absolute Gasteiger partial charge is 0.338 e. The topological polar surface area (TPSA) is 115 Å². The molecule has 0 aliphatic carbocycles. The fourth-order valence-electron chi connectivity index (χ4n) is 5.27. The van der Waals surface area contributed by atoms with Gasteiger partial charge in [0.25, 0.3) is 5.56 Å². The number of phenols is 1. The van der Waals surface area contributed by atoms with Gasteiger partial charge in [0.05, 0.1) is 40.9 Å². The van der Waals surface area contributed by atoms with Crippen LogP contribution in [0.15, 0.2) is 116 Å². The molecule has 0 saturated carbocycles. The van der Waals surface area contributed by atoms with Crippen molar-refractivity contribution < 1.29 is 19.4 Å². The minimum Gasteiger partial charge on any atom is -0.507 e. The Labute approximate surface area is 256 Å². The summed E-state index contributed by atoms with van der Waals surface area (Å²) in [4.78, 5) is 32.7. The summed E-state index contributed by atoms with van der Waals surface area (Å²) in [6.45, 7) is 3.64. The van der Waals surface area contributed by atoms with E-state index in [1.54, 1.807) is 39.2 Å². The Morgan fingerprint density at radius 3 is 2.52 bits per heavy atom. The zero-order valence-corrected chi connectivity index (χ0v) is 25.0. The summed E-state index contributed by atoms with van der Waals surface area (Å²) >= 11 is 1.17. The molecule has 1 aromatic heterocycles. The normalized spacial score (nSPS) is 15.0. The summed E-state index contributed by atoms with van der Waals surface area (Å²) in [5.74, 6) is -0.0883. The fourth-order valence-corrected chi connectivity index (χ4v) is 6.31. The van der Waals surface area contributed by atoms with Crippen LogP contribution in [0, 0.1) is 0 Å². The largest absolute Gasteiger partial charge is 0.507 e. The standard InChI is InChI=1S/C34H28N4O5S/c1-4-43-33(41)29-20(2)35-34-38(31(29)30-25-13-9-8-10-21(25)15-17-27(30)42-3)32(40)28(44-34)18-22-14-16-24(19-26(22)39)37-36-23-11-6-5-7-12-23/h5-19,31,39H,4H2,1-3H3/b28-18-,37-36?/t31-/m0/s1. The van der Waals surface area contributed by atoms with Crippen molar-refractivity contribution in [2.75, 3.05) is 13.7 Å². The van der Waals surface area contributed by atoms with E-state index in [9.17, 15) is 14.7 Å². The van der Waals surface area contributed by atoms with Crippen LogP contribution < -0.4 is 19.6 Å². The van der Waals surface area contributed by atoms with Gasteiger partial charge in [-0.15, -0.1) is 0 Å². The van der Waals surface area contributed by atoms with Gasteiger partial charge in [0.15, 0.2) is 4.80 Å². The number of nitrogens with zero attached hydrogens (tertiary/aromatic N) is 4. The number of aromatic hydroxyl groups is 1. The van der Waals surface area contributed by atoms with Gasteiger partial charge in [-0.1, -0.05) is 59.9 Å². The van der Waals surface area contributed by atoms with Crippen molar-refractivity contribution in [2.24, 2.45) is 15.2 Å². The molecule has 0 saturated heterocycles. The number of esters is 1. The summed E-state index contributed by atoms with van der Waals surface area (Å²) in [5, 5.41) is 21.0. The molecule has 9 nitrogen and oxygen atoms in total. The predicted octanol–water partition coefficient (Wildman–Crippen LogP) is 6.08. The van der Waals surface area contributed by atoms with E-state index >= 15 is 0 Å². The van der Waals surface area contributed by atoms with Crippen LogP contribution in [0.1, 0.15) is 31.0 Å². The molecular formula is C34H28N4O5S. The maximum atomic E-state index is 14.2. The summed E-state index contributed by atoms with van der Waals surface area (Å²) in [5.41, 5.74) is 2.58. The Hall–Kier alpha value is -5.35. The molecule has 44 heavy (non-hydrogen) atoms. The molecule has 0 amide bonds. The van der Waals surface area contributed by atoms with E-state index in [4.69, 9.17) is 9.47 Å². The number of rotatable bonds is 7. The summed E-state index contributed by atoms with van der Waals surface area (Å²) < 4.78 is 13.1. The van der Waals surface area contributed by atoms with Gasteiger partial charge in [0, 0.05) is 17.2 Å². The van der Waals surface area contributed by atoms with E-state index in [0.29, 0.717) is 43.3 Å². The van der Waals surface area contributed by atoms with Crippen molar-refractivity contribution in [3.05, 3.63) is 127 Å². The van der Waals surface area contributed by atoms with E-state index < -0.39 is 12.0 Å². The van der Waals surface area contributed by atoms with E-state index in [1.807, 2.05) is 66.7 Å². The Kier molecular flexibility index (Phi) is 7.91. The minimum atomic E-state index is -0.858. The van der Waals surface area contributed by atoms with Crippen LogP contribution in [0.5, 0.6) is 11.5 Å². The highest BCUT2D eigenvalue weighted by molar-refractivity contribution is 7.07. The number of thiazole rings is 1. The molecule has 6 rings (SSSR count). The lowest BCUT2D eigenvalue weighted by Gasteiger charge is -2.27. The van der Waals surface area contributed by atoms with Gasteiger partial charge in [0.1, 0.15) is 17.5 Å². The number of azo groups is 1. The second kappa shape index (κ2) is 12.1. The molecule has 0 unspecified atom stereocenters. The third-order valence-corrected chi connectivity index (χ3v) is 8.26. The Morgan fingerprint density at radius 1 is 1.02 bits per heavy atom.